The number of nitrogens with one attached hydrogen (secondary N) is 1. The molecule has 2 fully saturated rings. The lowest BCUT2D eigenvalue weighted by Crippen LogP contribution is -2.49. The standard InChI is InChI=1S/C11H22N2OS/c12-13-11(9-4-6-14-7-5-9)10-3-1-2-8-15-10/h9-11,13H,1-8,12H2. The van der Waals surface area contributed by atoms with Crippen LogP contribution in [0.4, 0.5) is 0 Å². The van der Waals surface area contributed by atoms with Crippen molar-refractivity contribution in [3.8, 4) is 0 Å². The molecule has 2 unspecified atom stereocenters. The van der Waals surface area contributed by atoms with Crippen LogP contribution in [0.1, 0.15) is 32.1 Å². The van der Waals surface area contributed by atoms with Crippen molar-refractivity contribution in [3.05, 3.63) is 0 Å². The van der Waals surface area contributed by atoms with Crippen LogP contribution in [0.3, 0.4) is 0 Å². The van der Waals surface area contributed by atoms with Crippen molar-refractivity contribution in [1.29, 1.82) is 0 Å². The first-order chi connectivity index (χ1) is 7.42. The lowest BCUT2D eigenvalue weighted by molar-refractivity contribution is 0.0530. The van der Waals surface area contributed by atoms with Gasteiger partial charge in [0.25, 0.3) is 0 Å². The van der Waals surface area contributed by atoms with E-state index in [-0.39, 0.29) is 0 Å². The quantitative estimate of drug-likeness (QED) is 0.570. The van der Waals surface area contributed by atoms with E-state index in [1.54, 1.807) is 0 Å². The average Bonchev–Trinajstić information content (AvgIpc) is 2.33. The van der Waals surface area contributed by atoms with Crippen molar-refractivity contribution in [3.63, 3.8) is 0 Å². The summed E-state index contributed by atoms with van der Waals surface area (Å²) in [4.78, 5) is 0. The van der Waals surface area contributed by atoms with E-state index in [1.807, 2.05) is 0 Å². The second kappa shape index (κ2) is 6.09. The minimum atomic E-state index is 0.499. The summed E-state index contributed by atoms with van der Waals surface area (Å²) >= 11 is 2.11. The van der Waals surface area contributed by atoms with E-state index in [1.165, 1.54) is 37.9 Å². The van der Waals surface area contributed by atoms with Gasteiger partial charge in [-0.05, 0) is 37.4 Å². The Balaban J connectivity index is 1.88. The zero-order valence-electron chi connectivity index (χ0n) is 9.28. The monoisotopic (exact) mass is 230 g/mol. The normalized spacial score (nSPS) is 31.4. The van der Waals surface area contributed by atoms with Gasteiger partial charge in [0.15, 0.2) is 0 Å². The fraction of sp³-hybridized carbons (Fsp3) is 1.00. The maximum Gasteiger partial charge on any atom is 0.0469 e. The van der Waals surface area contributed by atoms with Crippen molar-refractivity contribution < 1.29 is 4.74 Å². The maximum absolute atomic E-state index is 5.73. The molecular weight excluding hydrogens is 208 g/mol. The molecule has 0 aromatic carbocycles. The topological polar surface area (TPSA) is 47.3 Å². The van der Waals surface area contributed by atoms with Crippen LogP contribution in [0.2, 0.25) is 0 Å². The SMILES string of the molecule is NNC(C1CCOCC1)C1CCCCS1. The molecule has 2 rings (SSSR count). The van der Waals surface area contributed by atoms with Gasteiger partial charge in [-0.25, -0.2) is 0 Å². The largest absolute Gasteiger partial charge is 0.381 e. The number of hydrogen-bond donors (Lipinski definition) is 2. The Hall–Kier alpha value is 0.230. The number of hydrogen-bond acceptors (Lipinski definition) is 4. The molecule has 88 valence electrons. The van der Waals surface area contributed by atoms with Gasteiger partial charge in [-0.2, -0.15) is 11.8 Å². The average molecular weight is 230 g/mol. The minimum Gasteiger partial charge on any atom is -0.381 e. The van der Waals surface area contributed by atoms with E-state index in [2.05, 4.69) is 17.2 Å². The van der Waals surface area contributed by atoms with E-state index >= 15 is 0 Å². The van der Waals surface area contributed by atoms with Crippen LogP contribution in [0, 0.1) is 5.92 Å². The molecule has 0 saturated carbocycles. The van der Waals surface area contributed by atoms with E-state index < -0.39 is 0 Å². The molecule has 0 aliphatic carbocycles. The van der Waals surface area contributed by atoms with Gasteiger partial charge in [0.1, 0.15) is 0 Å². The predicted octanol–water partition coefficient (Wildman–Crippen LogP) is 1.53. The second-order valence-electron chi connectivity index (χ2n) is 4.55. The Morgan fingerprint density at radius 1 is 1.20 bits per heavy atom. The Labute approximate surface area is 96.5 Å². The van der Waals surface area contributed by atoms with Crippen LogP contribution in [-0.2, 0) is 4.74 Å². The van der Waals surface area contributed by atoms with E-state index in [4.69, 9.17) is 10.6 Å². The van der Waals surface area contributed by atoms with Gasteiger partial charge in [-0.15, -0.1) is 0 Å². The number of hydrazine groups is 1. The highest BCUT2D eigenvalue weighted by Crippen LogP contribution is 2.33. The lowest BCUT2D eigenvalue weighted by Gasteiger charge is -2.36. The molecule has 0 bridgehead atoms. The van der Waals surface area contributed by atoms with Crippen molar-refractivity contribution in [2.75, 3.05) is 19.0 Å². The predicted molar refractivity (Wildman–Crippen MR) is 64.8 cm³/mol. The summed E-state index contributed by atoms with van der Waals surface area (Å²) in [6, 6.07) is 0.499. The molecule has 15 heavy (non-hydrogen) atoms. The summed E-state index contributed by atoms with van der Waals surface area (Å²) < 4.78 is 5.41. The van der Waals surface area contributed by atoms with Crippen LogP contribution in [0.15, 0.2) is 0 Å². The van der Waals surface area contributed by atoms with Gasteiger partial charge in [0, 0.05) is 24.5 Å². The minimum absolute atomic E-state index is 0.499. The van der Waals surface area contributed by atoms with Gasteiger partial charge >= 0.3 is 0 Å². The van der Waals surface area contributed by atoms with Gasteiger partial charge in [-0.3, -0.25) is 11.3 Å². The summed E-state index contributed by atoms with van der Waals surface area (Å²) in [5, 5.41) is 0.729. The summed E-state index contributed by atoms with van der Waals surface area (Å²) in [5.74, 6) is 7.76. The van der Waals surface area contributed by atoms with Gasteiger partial charge in [0.05, 0.1) is 0 Å². The van der Waals surface area contributed by atoms with Gasteiger partial charge < -0.3 is 4.74 Å². The molecule has 0 aromatic heterocycles. The lowest BCUT2D eigenvalue weighted by atomic mass is 9.88. The Kier molecular flexibility index (Phi) is 4.75. The summed E-state index contributed by atoms with van der Waals surface area (Å²) in [5.41, 5.74) is 3.07. The van der Waals surface area contributed by atoms with Crippen molar-refractivity contribution in [1.82, 2.24) is 5.43 Å². The fourth-order valence-electron chi connectivity index (χ4n) is 2.67. The van der Waals surface area contributed by atoms with Crippen molar-refractivity contribution in [2.24, 2.45) is 11.8 Å². The molecule has 0 aromatic rings. The molecule has 2 aliphatic rings. The van der Waals surface area contributed by atoms with Crippen LogP contribution in [0.25, 0.3) is 0 Å². The molecule has 2 atom stereocenters. The molecule has 0 radical (unpaired) electrons. The zero-order chi connectivity index (χ0) is 10.5. The first-order valence-electron chi connectivity index (χ1n) is 6.07. The molecule has 3 nitrogen and oxygen atoms in total. The highest BCUT2D eigenvalue weighted by molar-refractivity contribution is 8.00. The third-order valence-corrected chi connectivity index (χ3v) is 5.06. The number of ether oxygens (including phenoxy) is 1. The van der Waals surface area contributed by atoms with Crippen LogP contribution in [0.5, 0.6) is 0 Å². The van der Waals surface area contributed by atoms with Crippen LogP contribution >= 0.6 is 11.8 Å². The summed E-state index contributed by atoms with van der Waals surface area (Å²) in [6.45, 7) is 1.83. The molecular formula is C11H22N2OS. The van der Waals surface area contributed by atoms with Crippen molar-refractivity contribution in [2.45, 2.75) is 43.4 Å². The van der Waals surface area contributed by atoms with Crippen LogP contribution < -0.4 is 11.3 Å². The Bertz CT molecular complexity index is 161. The Morgan fingerprint density at radius 2 is 2.00 bits per heavy atom. The number of nitrogens with two attached hydrogens (primary N) is 1. The molecule has 0 spiro atoms. The number of rotatable bonds is 3. The van der Waals surface area contributed by atoms with E-state index in [9.17, 15) is 0 Å². The first kappa shape index (κ1) is 11.7. The molecule has 2 heterocycles. The highest BCUT2D eigenvalue weighted by Gasteiger charge is 2.31. The first-order valence-corrected chi connectivity index (χ1v) is 7.12. The summed E-state index contributed by atoms with van der Waals surface area (Å²) in [6.07, 6.45) is 6.43. The molecule has 2 aliphatic heterocycles. The maximum atomic E-state index is 5.73. The summed E-state index contributed by atoms with van der Waals surface area (Å²) in [7, 11) is 0. The Morgan fingerprint density at radius 3 is 2.60 bits per heavy atom. The molecule has 0 amide bonds. The third-order valence-electron chi connectivity index (χ3n) is 3.58. The molecule has 3 N–H and O–H groups in total. The number of thioether (sulfide) groups is 1. The third kappa shape index (κ3) is 3.09. The van der Waals surface area contributed by atoms with Crippen LogP contribution in [-0.4, -0.2) is 30.3 Å². The van der Waals surface area contributed by atoms with E-state index in [0.29, 0.717) is 6.04 Å². The van der Waals surface area contributed by atoms with E-state index in [0.717, 1.165) is 24.4 Å². The fourth-order valence-corrected chi connectivity index (χ4v) is 4.19. The van der Waals surface area contributed by atoms with Gasteiger partial charge in [0.2, 0.25) is 0 Å². The smallest absolute Gasteiger partial charge is 0.0469 e. The zero-order valence-corrected chi connectivity index (χ0v) is 10.1. The molecule has 2 saturated heterocycles. The van der Waals surface area contributed by atoms with Crippen molar-refractivity contribution >= 4 is 11.8 Å². The van der Waals surface area contributed by atoms with Gasteiger partial charge in [-0.1, -0.05) is 6.42 Å². The second-order valence-corrected chi connectivity index (χ2v) is 5.89. The molecule has 4 heteroatoms. The highest BCUT2D eigenvalue weighted by atomic mass is 32.2.